The van der Waals surface area contributed by atoms with Gasteiger partial charge < -0.3 is 0 Å². The molecule has 1 nitrogen and oxygen atoms in total. The fraction of sp³-hybridized carbons (Fsp3) is 0.214. The van der Waals surface area contributed by atoms with Crippen molar-refractivity contribution >= 4 is 17.9 Å². The van der Waals surface area contributed by atoms with Crippen LogP contribution in [-0.2, 0) is 0 Å². The van der Waals surface area contributed by atoms with Crippen LogP contribution < -0.4 is 0 Å². The molecule has 0 aromatic heterocycles. The highest BCUT2D eigenvalue weighted by molar-refractivity contribution is 5.96. The molecule has 2 aliphatic rings. The summed E-state index contributed by atoms with van der Waals surface area (Å²) >= 11 is 0. The molecule has 1 aliphatic carbocycles. The smallest absolute Gasteiger partial charge is 0.0510 e. The van der Waals surface area contributed by atoms with Crippen LogP contribution in [0.5, 0.6) is 0 Å². The van der Waals surface area contributed by atoms with E-state index in [1.165, 1.54) is 22.4 Å². The van der Waals surface area contributed by atoms with E-state index in [4.69, 9.17) is 0 Å². The summed E-state index contributed by atoms with van der Waals surface area (Å²) in [4.78, 5) is 4.46. The van der Waals surface area contributed by atoms with Crippen LogP contribution in [0.25, 0.3) is 11.6 Å². The summed E-state index contributed by atoms with van der Waals surface area (Å²) in [6, 6.07) is 8.52. The molecule has 1 aromatic rings. The maximum Gasteiger partial charge on any atom is 0.0510 e. The van der Waals surface area contributed by atoms with Gasteiger partial charge in [-0.05, 0) is 28.9 Å². The van der Waals surface area contributed by atoms with Crippen LogP contribution in [-0.4, -0.2) is 6.21 Å². The highest BCUT2D eigenvalue weighted by Gasteiger charge is 2.34. The maximum absolute atomic E-state index is 4.46. The Labute approximate surface area is 89.9 Å². The van der Waals surface area contributed by atoms with Crippen molar-refractivity contribution in [1.29, 1.82) is 0 Å². The first kappa shape index (κ1) is 8.66. The molecule has 0 spiro atoms. The van der Waals surface area contributed by atoms with E-state index in [2.05, 4.69) is 55.3 Å². The third kappa shape index (κ3) is 1.06. The van der Waals surface area contributed by atoms with E-state index in [9.17, 15) is 0 Å². The Balaban J connectivity index is 2.36. The van der Waals surface area contributed by atoms with Crippen LogP contribution >= 0.6 is 0 Å². The molecule has 0 fully saturated rings. The van der Waals surface area contributed by atoms with E-state index in [0.29, 0.717) is 0 Å². The van der Waals surface area contributed by atoms with Gasteiger partial charge in [0.05, 0.1) is 5.70 Å². The lowest BCUT2D eigenvalue weighted by molar-refractivity contribution is 0.593. The van der Waals surface area contributed by atoms with Gasteiger partial charge >= 0.3 is 0 Å². The first-order chi connectivity index (χ1) is 7.19. The van der Waals surface area contributed by atoms with Crippen LogP contribution in [0.2, 0.25) is 0 Å². The van der Waals surface area contributed by atoms with Crippen molar-refractivity contribution in [3.63, 3.8) is 0 Å². The van der Waals surface area contributed by atoms with Gasteiger partial charge in [-0.1, -0.05) is 38.1 Å². The van der Waals surface area contributed by atoms with Gasteiger partial charge in [-0.2, -0.15) is 0 Å². The average Bonchev–Trinajstić information content (AvgIpc) is 2.17. The Kier molecular flexibility index (Phi) is 1.55. The van der Waals surface area contributed by atoms with Crippen LogP contribution in [0.3, 0.4) is 0 Å². The van der Waals surface area contributed by atoms with Gasteiger partial charge in [0, 0.05) is 11.6 Å². The summed E-state index contributed by atoms with van der Waals surface area (Å²) in [6.45, 7) is 4.47. The summed E-state index contributed by atoms with van der Waals surface area (Å²) in [6.07, 6.45) is 6.24. The van der Waals surface area contributed by atoms with Gasteiger partial charge in [0.1, 0.15) is 0 Å². The summed E-state index contributed by atoms with van der Waals surface area (Å²) in [7, 11) is 0. The van der Waals surface area contributed by atoms with Gasteiger partial charge in [-0.25, -0.2) is 0 Å². The minimum atomic E-state index is 0.0586. The summed E-state index contributed by atoms with van der Waals surface area (Å²) < 4.78 is 0. The van der Waals surface area contributed by atoms with E-state index in [-0.39, 0.29) is 5.41 Å². The summed E-state index contributed by atoms with van der Waals surface area (Å²) in [5.41, 5.74) is 5.24. The summed E-state index contributed by atoms with van der Waals surface area (Å²) in [5.74, 6) is 0. The Morgan fingerprint density at radius 2 is 1.93 bits per heavy atom. The van der Waals surface area contributed by atoms with Crippen molar-refractivity contribution < 1.29 is 0 Å². The molecule has 1 aromatic carbocycles. The van der Waals surface area contributed by atoms with Crippen molar-refractivity contribution in [1.82, 2.24) is 0 Å². The van der Waals surface area contributed by atoms with Crippen molar-refractivity contribution in [2.24, 2.45) is 10.4 Å². The van der Waals surface area contributed by atoms with E-state index in [1.807, 2.05) is 6.21 Å². The van der Waals surface area contributed by atoms with Crippen LogP contribution in [0, 0.1) is 5.41 Å². The fourth-order valence-electron chi connectivity index (χ4n) is 2.36. The lowest BCUT2D eigenvalue weighted by Crippen LogP contribution is -2.22. The lowest BCUT2D eigenvalue weighted by atomic mass is 9.71. The van der Waals surface area contributed by atoms with E-state index < -0.39 is 0 Å². The zero-order valence-corrected chi connectivity index (χ0v) is 8.99. The zero-order valence-electron chi connectivity index (χ0n) is 8.99. The molecule has 1 heteroatoms. The minimum Gasteiger partial charge on any atom is -0.260 e. The molecule has 1 aliphatic heterocycles. The first-order valence-corrected chi connectivity index (χ1v) is 5.26. The molecular formula is C14H13N. The number of benzene rings is 1. The summed E-state index contributed by atoms with van der Waals surface area (Å²) in [5, 5.41) is 0. The number of hydrogen-bond donors (Lipinski definition) is 0. The first-order valence-electron chi connectivity index (χ1n) is 5.26. The molecule has 15 heavy (non-hydrogen) atoms. The largest absolute Gasteiger partial charge is 0.260 e. The second-order valence-corrected chi connectivity index (χ2v) is 4.60. The maximum atomic E-state index is 4.46. The monoisotopic (exact) mass is 195 g/mol. The molecule has 3 rings (SSSR count). The number of nitrogens with zero attached hydrogens (tertiary/aromatic N) is 1. The second-order valence-electron chi connectivity index (χ2n) is 4.60. The zero-order chi connectivity index (χ0) is 10.5. The predicted molar refractivity (Wildman–Crippen MR) is 64.7 cm³/mol. The van der Waals surface area contributed by atoms with Crippen LogP contribution in [0.1, 0.15) is 25.0 Å². The predicted octanol–water partition coefficient (Wildman–Crippen LogP) is 3.54. The van der Waals surface area contributed by atoms with Crippen molar-refractivity contribution in [3.05, 3.63) is 47.2 Å². The average molecular weight is 195 g/mol. The number of fused-ring (bicyclic) bond motifs is 4. The molecule has 0 amide bonds. The van der Waals surface area contributed by atoms with Gasteiger partial charge in [0.2, 0.25) is 0 Å². The number of dihydropyridines is 1. The van der Waals surface area contributed by atoms with Crippen molar-refractivity contribution in [2.45, 2.75) is 13.8 Å². The van der Waals surface area contributed by atoms with Crippen molar-refractivity contribution in [2.75, 3.05) is 0 Å². The molecular weight excluding hydrogens is 182 g/mol. The fourth-order valence-corrected chi connectivity index (χ4v) is 2.36. The molecule has 0 saturated carbocycles. The van der Waals surface area contributed by atoms with E-state index >= 15 is 0 Å². The Bertz CT molecular complexity index is 516. The van der Waals surface area contributed by atoms with Gasteiger partial charge in [-0.15, -0.1) is 0 Å². The number of aliphatic imine (C=N–C) groups is 1. The molecule has 74 valence electrons. The lowest BCUT2D eigenvalue weighted by Gasteiger charge is -2.35. The number of rotatable bonds is 0. The SMILES string of the molecule is CC1(C)C2=Cc3ccccc3C1=CC=N2. The Morgan fingerprint density at radius 1 is 1.13 bits per heavy atom. The molecule has 0 atom stereocenters. The standard InChI is InChI=1S/C14H13N/c1-14(2)12-7-8-15-13(14)9-10-5-3-4-6-11(10)12/h3-9H,1-2H3. The highest BCUT2D eigenvalue weighted by atomic mass is 14.8. The Morgan fingerprint density at radius 3 is 2.80 bits per heavy atom. The number of allylic oxidation sites excluding steroid dienone is 2. The Hall–Kier alpha value is -1.63. The molecule has 0 N–H and O–H groups in total. The van der Waals surface area contributed by atoms with E-state index in [0.717, 1.165) is 0 Å². The highest BCUT2D eigenvalue weighted by Crippen LogP contribution is 2.48. The third-order valence-corrected chi connectivity index (χ3v) is 3.31. The quantitative estimate of drug-likeness (QED) is 0.600. The third-order valence-electron chi connectivity index (χ3n) is 3.31. The van der Waals surface area contributed by atoms with Crippen molar-refractivity contribution in [3.8, 4) is 0 Å². The van der Waals surface area contributed by atoms with E-state index in [1.54, 1.807) is 0 Å². The molecule has 0 radical (unpaired) electrons. The van der Waals surface area contributed by atoms with Gasteiger partial charge in [-0.3, -0.25) is 4.99 Å². The molecule has 1 heterocycles. The molecule has 0 saturated heterocycles. The topological polar surface area (TPSA) is 12.4 Å². The van der Waals surface area contributed by atoms with Gasteiger partial charge in [0.15, 0.2) is 0 Å². The normalized spacial score (nSPS) is 20.4. The molecule has 0 unspecified atom stereocenters. The van der Waals surface area contributed by atoms with Crippen LogP contribution in [0.4, 0.5) is 0 Å². The van der Waals surface area contributed by atoms with Crippen LogP contribution in [0.15, 0.2) is 41.0 Å². The molecule has 2 bridgehead atoms. The van der Waals surface area contributed by atoms with Gasteiger partial charge in [0.25, 0.3) is 0 Å². The number of hydrogen-bond acceptors (Lipinski definition) is 1. The minimum absolute atomic E-state index is 0.0586. The second kappa shape index (κ2) is 2.69.